The van der Waals surface area contributed by atoms with E-state index in [1.54, 1.807) is 6.92 Å². The molecule has 32 heavy (non-hydrogen) atoms. The fraction of sp³-hybridized carbons (Fsp3) is 0.500. The smallest absolute Gasteiger partial charge is 0.333 e. The second kappa shape index (κ2) is 12.2. The number of alkyl halides is 3. The molecular formula is C24H32ClF3N4. The van der Waals surface area contributed by atoms with Crippen LogP contribution in [0.5, 0.6) is 0 Å². The highest BCUT2D eigenvalue weighted by Gasteiger charge is 2.30. The van der Waals surface area contributed by atoms with Crippen LogP contribution in [0.1, 0.15) is 50.7 Å². The van der Waals surface area contributed by atoms with Crippen LogP contribution < -0.4 is 5.73 Å². The molecule has 8 heteroatoms. The first-order chi connectivity index (χ1) is 15.3. The summed E-state index contributed by atoms with van der Waals surface area (Å²) in [4.78, 5) is 4.28. The van der Waals surface area contributed by atoms with Crippen LogP contribution in [-0.4, -0.2) is 21.8 Å². The molecule has 1 fully saturated rings. The molecule has 4 nitrogen and oxygen atoms in total. The maximum Gasteiger partial charge on any atom is 0.416 e. The predicted octanol–water partition coefficient (Wildman–Crippen LogP) is 6.75. The number of fused-ring (bicyclic) bond motifs is 1. The largest absolute Gasteiger partial charge is 0.416 e. The van der Waals surface area contributed by atoms with Gasteiger partial charge in [-0.05, 0) is 74.0 Å². The van der Waals surface area contributed by atoms with Crippen molar-refractivity contribution in [1.82, 2.24) is 14.8 Å². The van der Waals surface area contributed by atoms with Crippen LogP contribution in [0.25, 0.3) is 11.0 Å². The van der Waals surface area contributed by atoms with Gasteiger partial charge in [-0.3, -0.25) is 4.68 Å². The van der Waals surface area contributed by atoms with E-state index in [4.69, 9.17) is 11.6 Å². The van der Waals surface area contributed by atoms with Crippen molar-refractivity contribution in [2.75, 3.05) is 7.05 Å². The third-order valence-corrected chi connectivity index (χ3v) is 6.03. The molecule has 0 unspecified atom stereocenters. The Hall–Kier alpha value is -2.12. The summed E-state index contributed by atoms with van der Waals surface area (Å²) < 4.78 is 38.7. The minimum Gasteiger partial charge on any atom is -0.333 e. The summed E-state index contributed by atoms with van der Waals surface area (Å²) in [5.74, 6) is 1.73. The summed E-state index contributed by atoms with van der Waals surface area (Å²) in [6, 6.07) is 7.40. The van der Waals surface area contributed by atoms with Gasteiger partial charge in [-0.15, -0.1) is 0 Å². The van der Waals surface area contributed by atoms with Crippen LogP contribution >= 0.6 is 11.6 Å². The van der Waals surface area contributed by atoms with Crippen LogP contribution in [0.2, 0.25) is 5.02 Å². The van der Waals surface area contributed by atoms with Crippen molar-refractivity contribution >= 4 is 22.6 Å². The van der Waals surface area contributed by atoms with Crippen molar-refractivity contribution in [1.29, 1.82) is 0 Å². The summed E-state index contributed by atoms with van der Waals surface area (Å²) in [5.41, 5.74) is 5.25. The van der Waals surface area contributed by atoms with Crippen molar-refractivity contribution in [3.63, 3.8) is 0 Å². The number of hydrogen-bond donors (Lipinski definition) is 1. The molecule has 0 amide bonds. The summed E-state index contributed by atoms with van der Waals surface area (Å²) in [5, 5.41) is 6.07. The van der Waals surface area contributed by atoms with E-state index in [0.29, 0.717) is 17.0 Å². The number of nitrogens with zero attached hydrogens (tertiary/aromatic N) is 3. The second-order valence-electron chi connectivity index (χ2n) is 8.05. The lowest BCUT2D eigenvalue weighted by molar-refractivity contribution is -0.137. The number of nitrogens with two attached hydrogens (primary N) is 1. The molecule has 2 heterocycles. The molecule has 0 aliphatic heterocycles. The Bertz CT molecular complexity index is 930. The van der Waals surface area contributed by atoms with Crippen LogP contribution in [-0.2, 0) is 19.1 Å². The minimum absolute atomic E-state index is 0.385. The molecule has 1 aliphatic carbocycles. The molecule has 4 rings (SSSR count). The number of benzene rings is 1. The molecule has 0 bridgehead atoms. The lowest BCUT2D eigenvalue weighted by Crippen LogP contribution is -2.17. The van der Waals surface area contributed by atoms with Gasteiger partial charge in [-0.2, -0.15) is 18.3 Å². The standard InChI is InChI=1S/C14H19N3.C9H8ClF3.CH5N/c1-11-4-6-12(7-5-11)9-17-10-13-3-2-8-15-14(13)16-17;1-2-6-5-7(9(11,12)13)3-4-8(6)10;1-2/h2-3,8,10-12H,4-7,9H2,1H3;3-5H,2H2,1H3;2H2,1H3. The molecule has 0 radical (unpaired) electrons. The topological polar surface area (TPSA) is 56.7 Å². The highest BCUT2D eigenvalue weighted by molar-refractivity contribution is 6.31. The number of hydrogen-bond acceptors (Lipinski definition) is 3. The fourth-order valence-electron chi connectivity index (χ4n) is 3.80. The molecular weight excluding hydrogens is 437 g/mol. The summed E-state index contributed by atoms with van der Waals surface area (Å²) >= 11 is 5.68. The van der Waals surface area contributed by atoms with Crippen LogP contribution in [0, 0.1) is 11.8 Å². The predicted molar refractivity (Wildman–Crippen MR) is 125 cm³/mol. The van der Waals surface area contributed by atoms with Crippen molar-refractivity contribution in [2.24, 2.45) is 17.6 Å². The van der Waals surface area contributed by atoms with Gasteiger partial charge >= 0.3 is 6.18 Å². The number of aromatic nitrogens is 3. The number of pyridine rings is 1. The van der Waals surface area contributed by atoms with Gasteiger partial charge < -0.3 is 5.73 Å². The second-order valence-corrected chi connectivity index (χ2v) is 8.46. The fourth-order valence-corrected chi connectivity index (χ4v) is 4.05. The third kappa shape index (κ3) is 7.48. The molecule has 2 N–H and O–H groups in total. The molecule has 2 aromatic heterocycles. The van der Waals surface area contributed by atoms with E-state index in [1.165, 1.54) is 38.8 Å². The van der Waals surface area contributed by atoms with Gasteiger partial charge in [0, 0.05) is 29.3 Å². The molecule has 1 saturated carbocycles. The van der Waals surface area contributed by atoms with Crippen LogP contribution in [0.15, 0.2) is 42.7 Å². The Labute approximate surface area is 193 Å². The van der Waals surface area contributed by atoms with Crippen molar-refractivity contribution in [3.05, 3.63) is 58.9 Å². The average Bonchev–Trinajstić information content (AvgIpc) is 3.19. The van der Waals surface area contributed by atoms with E-state index in [2.05, 4.69) is 39.7 Å². The van der Waals surface area contributed by atoms with Gasteiger partial charge in [-0.1, -0.05) is 38.3 Å². The number of halogens is 4. The first-order valence-electron chi connectivity index (χ1n) is 11.0. The van der Waals surface area contributed by atoms with E-state index in [1.807, 2.05) is 12.3 Å². The van der Waals surface area contributed by atoms with Gasteiger partial charge in [0.15, 0.2) is 5.65 Å². The third-order valence-electron chi connectivity index (χ3n) is 5.66. The Morgan fingerprint density at radius 3 is 2.41 bits per heavy atom. The van der Waals surface area contributed by atoms with E-state index < -0.39 is 11.7 Å². The lowest BCUT2D eigenvalue weighted by Gasteiger charge is -2.25. The molecule has 1 aromatic carbocycles. The zero-order valence-corrected chi connectivity index (χ0v) is 19.6. The van der Waals surface area contributed by atoms with Crippen LogP contribution in [0.3, 0.4) is 0 Å². The Balaban J connectivity index is 0.000000218. The van der Waals surface area contributed by atoms with E-state index in [9.17, 15) is 13.2 Å². The van der Waals surface area contributed by atoms with E-state index >= 15 is 0 Å². The molecule has 0 atom stereocenters. The van der Waals surface area contributed by atoms with E-state index in [-0.39, 0.29) is 0 Å². The minimum atomic E-state index is -4.28. The van der Waals surface area contributed by atoms with Gasteiger partial charge in [0.05, 0.1) is 5.56 Å². The van der Waals surface area contributed by atoms with Crippen LogP contribution in [0.4, 0.5) is 13.2 Å². The lowest BCUT2D eigenvalue weighted by atomic mass is 9.83. The Morgan fingerprint density at radius 2 is 1.81 bits per heavy atom. The zero-order valence-electron chi connectivity index (χ0n) is 18.9. The normalized spacial score (nSPS) is 18.4. The van der Waals surface area contributed by atoms with Crippen molar-refractivity contribution in [3.8, 4) is 0 Å². The Kier molecular flexibility index (Phi) is 9.97. The highest BCUT2D eigenvalue weighted by Crippen LogP contribution is 2.32. The first kappa shape index (κ1) is 26.1. The van der Waals surface area contributed by atoms with Gasteiger partial charge in [-0.25, -0.2) is 4.98 Å². The summed E-state index contributed by atoms with van der Waals surface area (Å²) in [6.45, 7) is 5.19. The average molecular weight is 469 g/mol. The Morgan fingerprint density at radius 1 is 1.12 bits per heavy atom. The summed E-state index contributed by atoms with van der Waals surface area (Å²) in [7, 11) is 1.50. The molecule has 3 aromatic rings. The van der Waals surface area contributed by atoms with Gasteiger partial charge in [0.2, 0.25) is 0 Å². The van der Waals surface area contributed by atoms with Gasteiger partial charge in [0.1, 0.15) is 0 Å². The van der Waals surface area contributed by atoms with Gasteiger partial charge in [0.25, 0.3) is 0 Å². The monoisotopic (exact) mass is 468 g/mol. The summed E-state index contributed by atoms with van der Waals surface area (Å²) in [6.07, 6.45) is 5.61. The number of rotatable bonds is 3. The maximum absolute atomic E-state index is 12.2. The molecule has 1 aliphatic rings. The number of aryl methyl sites for hydroxylation is 1. The first-order valence-corrected chi connectivity index (χ1v) is 11.4. The molecule has 0 saturated heterocycles. The maximum atomic E-state index is 12.2. The van der Waals surface area contributed by atoms with Crippen molar-refractivity contribution in [2.45, 2.75) is 58.7 Å². The molecule has 176 valence electrons. The zero-order chi connectivity index (χ0) is 23.7. The highest BCUT2D eigenvalue weighted by atomic mass is 35.5. The quantitative estimate of drug-likeness (QED) is 0.462. The van der Waals surface area contributed by atoms with Crippen molar-refractivity contribution < 1.29 is 13.2 Å². The molecule has 0 spiro atoms. The van der Waals surface area contributed by atoms with E-state index in [0.717, 1.165) is 41.5 Å². The SMILES string of the molecule is CC1CCC(Cn2cc3cccnc3n2)CC1.CCc1cc(C(F)(F)F)ccc1Cl.CN.